The van der Waals surface area contributed by atoms with E-state index in [9.17, 15) is 4.79 Å². The standard InChI is InChI=1S/C10H21NO3/c1-8(2)9(7-12)11-10(13)5-4-6-14-3/h8-9,12H,4-7H2,1-3H3,(H,11,13). The Morgan fingerprint density at radius 3 is 2.57 bits per heavy atom. The minimum Gasteiger partial charge on any atom is -0.394 e. The number of methoxy groups -OCH3 is 1. The minimum absolute atomic E-state index is 0.00627. The van der Waals surface area contributed by atoms with Crippen LogP contribution >= 0.6 is 0 Å². The fourth-order valence-electron chi connectivity index (χ4n) is 1.08. The van der Waals surface area contributed by atoms with Crippen LogP contribution < -0.4 is 5.32 Å². The van der Waals surface area contributed by atoms with Crippen LogP contribution in [0.5, 0.6) is 0 Å². The highest BCUT2D eigenvalue weighted by Crippen LogP contribution is 2.01. The van der Waals surface area contributed by atoms with Gasteiger partial charge in [0.2, 0.25) is 5.91 Å². The lowest BCUT2D eigenvalue weighted by molar-refractivity contribution is -0.122. The zero-order valence-corrected chi connectivity index (χ0v) is 9.25. The molecule has 1 atom stereocenters. The third kappa shape index (κ3) is 5.94. The Balaban J connectivity index is 3.68. The molecule has 0 aliphatic carbocycles. The molecule has 84 valence electrons. The molecule has 0 aliphatic heterocycles. The van der Waals surface area contributed by atoms with Gasteiger partial charge in [0.1, 0.15) is 0 Å². The first-order valence-electron chi connectivity index (χ1n) is 5.01. The molecule has 1 amide bonds. The molecule has 0 heterocycles. The van der Waals surface area contributed by atoms with Gasteiger partial charge in [0.05, 0.1) is 12.6 Å². The summed E-state index contributed by atoms with van der Waals surface area (Å²) in [5, 5.41) is 11.8. The number of aliphatic hydroxyl groups is 1. The molecular weight excluding hydrogens is 182 g/mol. The highest BCUT2D eigenvalue weighted by atomic mass is 16.5. The summed E-state index contributed by atoms with van der Waals surface area (Å²) < 4.78 is 4.84. The van der Waals surface area contributed by atoms with Crippen molar-refractivity contribution in [3.8, 4) is 0 Å². The lowest BCUT2D eigenvalue weighted by Gasteiger charge is -2.19. The Labute approximate surface area is 85.6 Å². The zero-order valence-electron chi connectivity index (χ0n) is 9.25. The molecule has 0 saturated carbocycles. The van der Waals surface area contributed by atoms with E-state index in [0.29, 0.717) is 13.0 Å². The summed E-state index contributed by atoms with van der Waals surface area (Å²) in [6.45, 7) is 4.53. The predicted molar refractivity (Wildman–Crippen MR) is 55.0 cm³/mol. The van der Waals surface area contributed by atoms with Gasteiger partial charge in [-0.25, -0.2) is 0 Å². The van der Waals surface area contributed by atoms with Crippen molar-refractivity contribution in [1.82, 2.24) is 5.32 Å². The second-order valence-corrected chi connectivity index (χ2v) is 3.70. The van der Waals surface area contributed by atoms with Crippen LogP contribution in [0.4, 0.5) is 0 Å². The summed E-state index contributed by atoms with van der Waals surface area (Å²) in [4.78, 5) is 11.3. The van der Waals surface area contributed by atoms with Crippen LogP contribution in [-0.4, -0.2) is 37.4 Å². The van der Waals surface area contributed by atoms with Gasteiger partial charge in [-0.05, 0) is 12.3 Å². The van der Waals surface area contributed by atoms with Crippen LogP contribution in [0.1, 0.15) is 26.7 Å². The summed E-state index contributed by atoms with van der Waals surface area (Å²) in [6.07, 6.45) is 1.18. The van der Waals surface area contributed by atoms with Crippen molar-refractivity contribution >= 4 is 5.91 Å². The van der Waals surface area contributed by atoms with E-state index in [4.69, 9.17) is 9.84 Å². The monoisotopic (exact) mass is 203 g/mol. The third-order valence-corrected chi connectivity index (χ3v) is 2.10. The quantitative estimate of drug-likeness (QED) is 0.594. The molecule has 1 unspecified atom stereocenters. The lowest BCUT2D eigenvalue weighted by Crippen LogP contribution is -2.41. The van der Waals surface area contributed by atoms with E-state index in [0.717, 1.165) is 6.42 Å². The van der Waals surface area contributed by atoms with Gasteiger partial charge in [-0.3, -0.25) is 4.79 Å². The number of hydrogen-bond donors (Lipinski definition) is 2. The molecule has 0 aromatic heterocycles. The number of nitrogens with one attached hydrogen (secondary N) is 1. The molecule has 0 aliphatic rings. The molecule has 4 heteroatoms. The summed E-state index contributed by atoms with van der Waals surface area (Å²) in [6, 6.07) is -0.134. The van der Waals surface area contributed by atoms with Gasteiger partial charge in [0.25, 0.3) is 0 Å². The number of hydrogen-bond acceptors (Lipinski definition) is 3. The fourth-order valence-corrected chi connectivity index (χ4v) is 1.08. The van der Waals surface area contributed by atoms with Crippen molar-refractivity contribution in [3.05, 3.63) is 0 Å². The molecule has 0 aromatic carbocycles. The van der Waals surface area contributed by atoms with Gasteiger partial charge in [0.15, 0.2) is 0 Å². The first-order valence-corrected chi connectivity index (χ1v) is 5.01. The summed E-state index contributed by atoms with van der Waals surface area (Å²) in [5.41, 5.74) is 0. The molecule has 14 heavy (non-hydrogen) atoms. The summed E-state index contributed by atoms with van der Waals surface area (Å²) in [5.74, 6) is 0.237. The Hall–Kier alpha value is -0.610. The topological polar surface area (TPSA) is 58.6 Å². The van der Waals surface area contributed by atoms with Crippen LogP contribution in [-0.2, 0) is 9.53 Å². The predicted octanol–water partition coefficient (Wildman–Crippen LogP) is 0.546. The van der Waals surface area contributed by atoms with Gasteiger partial charge in [0, 0.05) is 20.1 Å². The van der Waals surface area contributed by atoms with Crippen molar-refractivity contribution in [2.75, 3.05) is 20.3 Å². The van der Waals surface area contributed by atoms with E-state index >= 15 is 0 Å². The van der Waals surface area contributed by atoms with Crippen LogP contribution in [0.2, 0.25) is 0 Å². The highest BCUT2D eigenvalue weighted by Gasteiger charge is 2.14. The molecule has 0 rings (SSSR count). The van der Waals surface area contributed by atoms with Crippen molar-refractivity contribution in [1.29, 1.82) is 0 Å². The average Bonchev–Trinajstić information content (AvgIpc) is 2.14. The van der Waals surface area contributed by atoms with Gasteiger partial charge in [-0.15, -0.1) is 0 Å². The van der Waals surface area contributed by atoms with E-state index in [1.165, 1.54) is 0 Å². The van der Waals surface area contributed by atoms with Gasteiger partial charge >= 0.3 is 0 Å². The van der Waals surface area contributed by atoms with Crippen LogP contribution in [0.15, 0.2) is 0 Å². The van der Waals surface area contributed by atoms with E-state index in [-0.39, 0.29) is 24.5 Å². The molecule has 2 N–H and O–H groups in total. The number of rotatable bonds is 7. The van der Waals surface area contributed by atoms with E-state index < -0.39 is 0 Å². The average molecular weight is 203 g/mol. The van der Waals surface area contributed by atoms with Crippen molar-refractivity contribution in [3.63, 3.8) is 0 Å². The fraction of sp³-hybridized carbons (Fsp3) is 0.900. The van der Waals surface area contributed by atoms with Crippen LogP contribution in [0.3, 0.4) is 0 Å². The second kappa shape index (κ2) is 7.76. The summed E-state index contributed by atoms with van der Waals surface area (Å²) >= 11 is 0. The van der Waals surface area contributed by atoms with E-state index in [2.05, 4.69) is 5.32 Å². The van der Waals surface area contributed by atoms with Gasteiger partial charge in [-0.2, -0.15) is 0 Å². The SMILES string of the molecule is COCCCC(=O)NC(CO)C(C)C. The number of ether oxygens (including phenoxy) is 1. The Kier molecular flexibility index (Phi) is 7.42. The summed E-state index contributed by atoms with van der Waals surface area (Å²) in [7, 11) is 1.61. The Morgan fingerprint density at radius 2 is 2.14 bits per heavy atom. The first kappa shape index (κ1) is 13.4. The Bertz CT molecular complexity index is 159. The van der Waals surface area contributed by atoms with Crippen molar-refractivity contribution in [2.24, 2.45) is 5.92 Å². The van der Waals surface area contributed by atoms with E-state index in [1.54, 1.807) is 7.11 Å². The Morgan fingerprint density at radius 1 is 1.50 bits per heavy atom. The molecule has 0 bridgehead atoms. The van der Waals surface area contributed by atoms with Crippen molar-refractivity contribution < 1.29 is 14.6 Å². The normalized spacial score (nSPS) is 12.9. The molecular formula is C10H21NO3. The minimum atomic E-state index is -0.134. The molecule has 0 fully saturated rings. The molecule has 0 spiro atoms. The van der Waals surface area contributed by atoms with E-state index in [1.807, 2.05) is 13.8 Å². The van der Waals surface area contributed by atoms with Gasteiger partial charge < -0.3 is 15.2 Å². The third-order valence-electron chi connectivity index (χ3n) is 2.10. The number of carbonyl (C=O) groups is 1. The second-order valence-electron chi connectivity index (χ2n) is 3.70. The smallest absolute Gasteiger partial charge is 0.220 e. The molecule has 0 radical (unpaired) electrons. The maximum atomic E-state index is 11.3. The first-order chi connectivity index (χ1) is 6.61. The highest BCUT2D eigenvalue weighted by molar-refractivity contribution is 5.76. The molecule has 0 saturated heterocycles. The maximum Gasteiger partial charge on any atom is 0.220 e. The van der Waals surface area contributed by atoms with Crippen LogP contribution in [0, 0.1) is 5.92 Å². The maximum absolute atomic E-state index is 11.3. The van der Waals surface area contributed by atoms with Crippen LogP contribution in [0.25, 0.3) is 0 Å². The van der Waals surface area contributed by atoms with Crippen molar-refractivity contribution in [2.45, 2.75) is 32.7 Å². The van der Waals surface area contributed by atoms with Gasteiger partial charge in [-0.1, -0.05) is 13.8 Å². The largest absolute Gasteiger partial charge is 0.394 e. The molecule has 4 nitrogen and oxygen atoms in total. The molecule has 0 aromatic rings. The zero-order chi connectivity index (χ0) is 11.0. The lowest BCUT2D eigenvalue weighted by atomic mass is 10.1. The number of carbonyl (C=O) groups excluding carboxylic acids is 1. The number of aliphatic hydroxyl groups excluding tert-OH is 1. The number of amides is 1.